The second-order valence-corrected chi connectivity index (χ2v) is 11.5. The van der Waals surface area contributed by atoms with E-state index in [1.54, 1.807) is 25.1 Å². The van der Waals surface area contributed by atoms with Gasteiger partial charge < -0.3 is 15.8 Å². The Labute approximate surface area is 249 Å². The van der Waals surface area contributed by atoms with E-state index >= 15 is 0 Å². The average molecular weight is 592 g/mol. The Morgan fingerprint density at radius 2 is 1.84 bits per heavy atom. The number of ether oxygens (including phenoxy) is 1. The molecule has 10 heteroatoms. The van der Waals surface area contributed by atoms with Gasteiger partial charge >= 0.3 is 12.2 Å². The van der Waals surface area contributed by atoms with Gasteiger partial charge in [0.05, 0.1) is 23.6 Å². The minimum absolute atomic E-state index is 0.162. The summed E-state index contributed by atoms with van der Waals surface area (Å²) in [6.45, 7) is 9.67. The molecule has 2 heterocycles. The van der Waals surface area contributed by atoms with E-state index in [2.05, 4.69) is 19.2 Å². The summed E-state index contributed by atoms with van der Waals surface area (Å²) in [5.41, 5.74) is 11.6. The monoisotopic (exact) mass is 591 g/mol. The number of primary amides is 1. The molecule has 0 fully saturated rings. The molecule has 3 N–H and O–H groups in total. The normalized spacial score (nSPS) is 13.7. The van der Waals surface area contributed by atoms with Gasteiger partial charge in [0.1, 0.15) is 11.4 Å². The van der Waals surface area contributed by atoms with Crippen LogP contribution in [0.3, 0.4) is 0 Å². The van der Waals surface area contributed by atoms with E-state index in [0.717, 1.165) is 39.3 Å². The van der Waals surface area contributed by atoms with Crippen molar-refractivity contribution in [3.63, 3.8) is 0 Å². The molecule has 1 aliphatic heterocycles. The van der Waals surface area contributed by atoms with Gasteiger partial charge in [-0.05, 0) is 55.2 Å². The zero-order valence-electron chi connectivity index (χ0n) is 24.8. The number of alkyl halides is 3. The van der Waals surface area contributed by atoms with Crippen LogP contribution in [-0.2, 0) is 25.7 Å². The summed E-state index contributed by atoms with van der Waals surface area (Å²) < 4.78 is 49.8. The highest BCUT2D eigenvalue weighted by molar-refractivity contribution is 5.88. The number of fused-ring (bicyclic) bond motifs is 1. The minimum Gasteiger partial charge on any atom is -0.491 e. The molecule has 0 atom stereocenters. The van der Waals surface area contributed by atoms with Crippen LogP contribution in [0.4, 0.5) is 23.7 Å². The van der Waals surface area contributed by atoms with Crippen LogP contribution in [0.1, 0.15) is 47.4 Å². The maximum Gasteiger partial charge on any atom is 0.416 e. The number of hydrogen-bond acceptors (Lipinski definition) is 4. The zero-order valence-corrected chi connectivity index (χ0v) is 24.8. The SMILES string of the molecule is Cc1ccc(C(F)(F)F)c(CN2CCc3nn(-c4c(C)cccc4OCC(C)C)c(-c4ccc(NC(N)=O)cc4)c3C2)c1. The Balaban J connectivity index is 1.60. The Hall–Kier alpha value is -4.31. The summed E-state index contributed by atoms with van der Waals surface area (Å²) in [5.74, 6) is 1.02. The quantitative estimate of drug-likeness (QED) is 0.226. The first kappa shape index (κ1) is 30.2. The number of urea groups is 1. The highest BCUT2D eigenvalue weighted by Gasteiger charge is 2.34. The predicted molar refractivity (Wildman–Crippen MR) is 161 cm³/mol. The lowest BCUT2D eigenvalue weighted by molar-refractivity contribution is -0.138. The number of nitrogens with zero attached hydrogens (tertiary/aromatic N) is 3. The van der Waals surface area contributed by atoms with Crippen molar-refractivity contribution in [2.75, 3.05) is 18.5 Å². The second-order valence-electron chi connectivity index (χ2n) is 11.5. The third-order valence-corrected chi connectivity index (χ3v) is 7.48. The van der Waals surface area contributed by atoms with Gasteiger partial charge in [0.2, 0.25) is 0 Å². The van der Waals surface area contributed by atoms with Crippen molar-refractivity contribution >= 4 is 11.7 Å². The number of halogens is 3. The number of aryl methyl sites for hydroxylation is 2. The van der Waals surface area contributed by atoms with Crippen molar-refractivity contribution in [1.29, 1.82) is 0 Å². The first-order valence-electron chi connectivity index (χ1n) is 14.3. The van der Waals surface area contributed by atoms with Gasteiger partial charge in [-0.2, -0.15) is 18.3 Å². The molecule has 0 aliphatic carbocycles. The van der Waals surface area contributed by atoms with E-state index in [1.807, 2.05) is 46.8 Å². The second kappa shape index (κ2) is 12.1. The van der Waals surface area contributed by atoms with Crippen LogP contribution in [-0.4, -0.2) is 33.9 Å². The zero-order chi connectivity index (χ0) is 30.9. The summed E-state index contributed by atoms with van der Waals surface area (Å²) in [5, 5.41) is 7.65. The van der Waals surface area contributed by atoms with Gasteiger partial charge in [-0.15, -0.1) is 0 Å². The fraction of sp³-hybridized carbons (Fsp3) is 0.333. The summed E-state index contributed by atoms with van der Waals surface area (Å²) in [6.07, 6.45) is -3.85. The molecule has 0 spiro atoms. The van der Waals surface area contributed by atoms with Crippen LogP contribution in [0, 0.1) is 19.8 Å². The Kier molecular flexibility index (Phi) is 8.50. The fourth-order valence-corrected chi connectivity index (χ4v) is 5.52. The number of nitrogens with two attached hydrogens (primary N) is 1. The topological polar surface area (TPSA) is 85.4 Å². The minimum atomic E-state index is -4.43. The number of carbonyl (C=O) groups excluding carboxylic acids is 1. The third-order valence-electron chi connectivity index (χ3n) is 7.48. The van der Waals surface area contributed by atoms with Gasteiger partial charge in [-0.1, -0.05) is 55.8 Å². The van der Waals surface area contributed by atoms with Crippen molar-refractivity contribution < 1.29 is 22.7 Å². The maximum atomic E-state index is 13.9. The highest BCUT2D eigenvalue weighted by atomic mass is 19.4. The molecule has 43 heavy (non-hydrogen) atoms. The number of benzene rings is 3. The van der Waals surface area contributed by atoms with Gasteiger partial charge in [0, 0.05) is 42.9 Å². The van der Waals surface area contributed by atoms with Crippen LogP contribution < -0.4 is 15.8 Å². The molecule has 1 aromatic heterocycles. The average Bonchev–Trinajstić information content (AvgIpc) is 3.29. The van der Waals surface area contributed by atoms with Crippen molar-refractivity contribution in [2.24, 2.45) is 11.7 Å². The molecular formula is C33H36F3N5O2. The summed E-state index contributed by atoms with van der Waals surface area (Å²) in [6, 6.07) is 16.8. The molecule has 5 rings (SSSR count). The van der Waals surface area contributed by atoms with Gasteiger partial charge in [-0.25, -0.2) is 9.48 Å². The molecule has 226 valence electrons. The molecule has 4 aromatic rings. The van der Waals surface area contributed by atoms with Crippen molar-refractivity contribution in [3.05, 3.63) is 94.2 Å². The lowest BCUT2D eigenvalue weighted by atomic mass is 9.98. The lowest BCUT2D eigenvalue weighted by Crippen LogP contribution is -2.31. The van der Waals surface area contributed by atoms with Crippen molar-refractivity contribution in [3.8, 4) is 22.7 Å². The molecule has 0 radical (unpaired) electrons. The number of carbonyl (C=O) groups is 1. The number of nitrogens with one attached hydrogen (secondary N) is 1. The van der Waals surface area contributed by atoms with Gasteiger partial charge in [0.25, 0.3) is 0 Å². The largest absolute Gasteiger partial charge is 0.491 e. The Morgan fingerprint density at radius 3 is 2.51 bits per heavy atom. The maximum absolute atomic E-state index is 13.9. The fourth-order valence-electron chi connectivity index (χ4n) is 5.52. The molecule has 0 bridgehead atoms. The van der Waals surface area contributed by atoms with Gasteiger partial charge in [-0.3, -0.25) is 4.90 Å². The number of hydrogen-bond donors (Lipinski definition) is 2. The smallest absolute Gasteiger partial charge is 0.416 e. The molecular weight excluding hydrogens is 555 g/mol. The number of rotatable bonds is 8. The number of aromatic nitrogens is 2. The molecule has 2 amide bonds. The van der Waals surface area contributed by atoms with E-state index < -0.39 is 17.8 Å². The van der Waals surface area contributed by atoms with Crippen molar-refractivity contribution in [2.45, 2.75) is 53.4 Å². The van der Waals surface area contributed by atoms with E-state index in [1.165, 1.54) is 12.1 Å². The van der Waals surface area contributed by atoms with Crippen LogP contribution in [0.25, 0.3) is 16.9 Å². The van der Waals surface area contributed by atoms with E-state index in [9.17, 15) is 18.0 Å². The van der Waals surface area contributed by atoms with Crippen LogP contribution in [0.2, 0.25) is 0 Å². The predicted octanol–water partition coefficient (Wildman–Crippen LogP) is 7.26. The van der Waals surface area contributed by atoms with E-state index in [4.69, 9.17) is 15.6 Å². The molecule has 1 aliphatic rings. The number of para-hydroxylation sites is 1. The number of amides is 2. The lowest BCUT2D eigenvalue weighted by Gasteiger charge is -2.28. The molecule has 7 nitrogen and oxygen atoms in total. The first-order valence-corrected chi connectivity index (χ1v) is 14.3. The molecule has 3 aromatic carbocycles. The van der Waals surface area contributed by atoms with Crippen LogP contribution >= 0.6 is 0 Å². The summed E-state index contributed by atoms with van der Waals surface area (Å²) in [4.78, 5) is 13.4. The van der Waals surface area contributed by atoms with E-state index in [0.29, 0.717) is 43.5 Å². The molecule has 0 saturated heterocycles. The number of anilines is 1. The first-order chi connectivity index (χ1) is 20.4. The Bertz CT molecular complexity index is 1630. The van der Waals surface area contributed by atoms with Crippen LogP contribution in [0.5, 0.6) is 5.75 Å². The molecule has 0 unspecified atom stereocenters. The summed E-state index contributed by atoms with van der Waals surface area (Å²) >= 11 is 0. The van der Waals surface area contributed by atoms with Crippen LogP contribution in [0.15, 0.2) is 60.7 Å². The standard InChI is InChI=1S/C33H36F3N5O2/c1-20(2)19-43-29-7-5-6-22(4)30(29)41-31(23-9-11-25(12-10-23)38-32(37)42)26-18-40(15-14-28(26)39-41)17-24-16-21(3)8-13-27(24)33(34,35)36/h5-13,16,20H,14-15,17-19H2,1-4H3,(H3,37,38,42). The van der Waals surface area contributed by atoms with Crippen molar-refractivity contribution in [1.82, 2.24) is 14.7 Å². The highest BCUT2D eigenvalue weighted by Crippen LogP contribution is 2.38. The van der Waals surface area contributed by atoms with Gasteiger partial charge in [0.15, 0.2) is 0 Å². The molecule has 0 saturated carbocycles. The Morgan fingerprint density at radius 1 is 1.09 bits per heavy atom. The summed E-state index contributed by atoms with van der Waals surface area (Å²) in [7, 11) is 0. The van der Waals surface area contributed by atoms with E-state index in [-0.39, 0.29) is 12.1 Å². The third kappa shape index (κ3) is 6.69.